The Bertz CT molecular complexity index is 798. The van der Waals surface area contributed by atoms with Crippen LogP contribution in [0.25, 0.3) is 0 Å². The monoisotopic (exact) mass is 369 g/mol. The maximum absolute atomic E-state index is 12.6. The number of nitrogens with one attached hydrogen (secondary N) is 1. The van der Waals surface area contributed by atoms with Crippen LogP contribution in [0.2, 0.25) is 5.02 Å². The van der Waals surface area contributed by atoms with E-state index in [1.54, 1.807) is 48.4 Å². The summed E-state index contributed by atoms with van der Waals surface area (Å²) in [6.07, 6.45) is 4.29. The zero-order valence-corrected chi connectivity index (χ0v) is 14.8. The molecular weight excluding hydrogens is 350 g/mol. The summed E-state index contributed by atoms with van der Waals surface area (Å²) in [7, 11) is -1.75. The van der Waals surface area contributed by atoms with Gasteiger partial charge in [-0.1, -0.05) is 23.7 Å². The summed E-state index contributed by atoms with van der Waals surface area (Å²) in [5.41, 5.74) is 1.49. The van der Waals surface area contributed by atoms with Gasteiger partial charge < -0.3 is 5.11 Å². The molecule has 1 aromatic carbocycles. The van der Waals surface area contributed by atoms with E-state index in [1.807, 2.05) is 0 Å². The molecule has 0 radical (unpaired) electrons. The molecule has 0 aliphatic heterocycles. The lowest BCUT2D eigenvalue weighted by Crippen LogP contribution is -2.41. The van der Waals surface area contributed by atoms with Gasteiger partial charge in [0.15, 0.2) is 0 Å². The van der Waals surface area contributed by atoms with Gasteiger partial charge in [0.05, 0.1) is 24.1 Å². The third-order valence-corrected chi connectivity index (χ3v) is 5.86. The lowest BCUT2D eigenvalue weighted by Gasteiger charge is -2.37. The summed E-state index contributed by atoms with van der Waals surface area (Å²) >= 11 is 5.83. The summed E-state index contributed by atoms with van der Waals surface area (Å²) in [5.74, 6) is -0.0415. The van der Waals surface area contributed by atoms with Crippen molar-refractivity contribution in [2.24, 2.45) is 13.0 Å². The molecule has 1 fully saturated rings. The van der Waals surface area contributed by atoms with Crippen LogP contribution in [-0.2, 0) is 22.8 Å². The Kier molecular flexibility index (Phi) is 4.96. The van der Waals surface area contributed by atoms with Crippen LogP contribution in [-0.4, -0.2) is 29.4 Å². The zero-order valence-electron chi connectivity index (χ0n) is 13.3. The van der Waals surface area contributed by atoms with Crippen LogP contribution in [0.4, 0.5) is 0 Å². The number of halogens is 1. The minimum atomic E-state index is -3.54. The third kappa shape index (κ3) is 4.16. The van der Waals surface area contributed by atoms with E-state index in [9.17, 15) is 13.5 Å². The summed E-state index contributed by atoms with van der Waals surface area (Å²) in [5, 5.41) is 14.3. The number of benzene rings is 1. The van der Waals surface area contributed by atoms with Crippen LogP contribution in [0, 0.1) is 5.92 Å². The minimum absolute atomic E-state index is 0.0733. The molecule has 2 N–H and O–H groups in total. The lowest BCUT2D eigenvalue weighted by molar-refractivity contribution is 0.0280. The van der Waals surface area contributed by atoms with E-state index >= 15 is 0 Å². The van der Waals surface area contributed by atoms with Crippen molar-refractivity contribution in [1.29, 1.82) is 0 Å². The molecule has 0 amide bonds. The van der Waals surface area contributed by atoms with Crippen molar-refractivity contribution in [1.82, 2.24) is 14.5 Å². The number of rotatable bonds is 6. The molecule has 24 heavy (non-hydrogen) atoms. The summed E-state index contributed by atoms with van der Waals surface area (Å²) in [6.45, 7) is 0. The minimum Gasteiger partial charge on any atom is -0.393 e. The summed E-state index contributed by atoms with van der Waals surface area (Å²) in [4.78, 5) is 0. The molecule has 1 aromatic heterocycles. The van der Waals surface area contributed by atoms with Crippen LogP contribution >= 0.6 is 11.6 Å². The van der Waals surface area contributed by atoms with E-state index in [4.69, 9.17) is 11.6 Å². The zero-order chi connectivity index (χ0) is 17.3. The van der Waals surface area contributed by atoms with Gasteiger partial charge in [0.25, 0.3) is 0 Å². The Balaban J connectivity index is 1.77. The topological polar surface area (TPSA) is 84.2 Å². The number of nitrogens with zero attached hydrogens (tertiary/aromatic N) is 2. The fraction of sp³-hybridized carbons (Fsp3) is 0.438. The normalized spacial score (nSPS) is 22.1. The van der Waals surface area contributed by atoms with Crippen LogP contribution in [0.1, 0.15) is 30.0 Å². The van der Waals surface area contributed by atoms with Gasteiger partial charge in [0, 0.05) is 23.8 Å². The standard InChI is InChI=1S/C16H20ClN3O3S/c1-20-9-13(8-18-20)16(12-6-15(21)7-12)19-24(22,23)10-11-2-4-14(17)5-3-11/h2-5,8-9,12,15-16,19,21H,6-7,10H2,1H3. The number of aromatic nitrogens is 2. The van der Waals surface area contributed by atoms with Gasteiger partial charge in [0.1, 0.15) is 0 Å². The molecule has 130 valence electrons. The Hall–Kier alpha value is -1.41. The largest absolute Gasteiger partial charge is 0.393 e. The summed E-state index contributed by atoms with van der Waals surface area (Å²) < 4.78 is 29.6. The molecule has 8 heteroatoms. The van der Waals surface area contributed by atoms with Crippen molar-refractivity contribution in [2.75, 3.05) is 0 Å². The van der Waals surface area contributed by atoms with Crippen LogP contribution in [0.5, 0.6) is 0 Å². The van der Waals surface area contributed by atoms with Gasteiger partial charge in [-0.2, -0.15) is 5.10 Å². The molecule has 1 unspecified atom stereocenters. The van der Waals surface area contributed by atoms with Gasteiger partial charge in [-0.3, -0.25) is 4.68 Å². The molecule has 1 heterocycles. The molecule has 2 aromatic rings. The van der Waals surface area contributed by atoms with Crippen molar-refractivity contribution in [2.45, 2.75) is 30.7 Å². The smallest absolute Gasteiger partial charge is 0.216 e. The average Bonchev–Trinajstić information content (AvgIpc) is 2.90. The molecule has 1 atom stereocenters. The number of aliphatic hydroxyl groups excluding tert-OH is 1. The first-order valence-electron chi connectivity index (χ1n) is 7.73. The van der Waals surface area contributed by atoms with Gasteiger partial charge in [0.2, 0.25) is 10.0 Å². The maximum Gasteiger partial charge on any atom is 0.216 e. The highest BCUT2D eigenvalue weighted by atomic mass is 35.5. The molecule has 6 nitrogen and oxygen atoms in total. The Morgan fingerprint density at radius 2 is 2.04 bits per heavy atom. The highest BCUT2D eigenvalue weighted by Gasteiger charge is 2.37. The van der Waals surface area contributed by atoms with Gasteiger partial charge in [-0.25, -0.2) is 13.1 Å². The van der Waals surface area contributed by atoms with Gasteiger partial charge >= 0.3 is 0 Å². The predicted molar refractivity (Wildman–Crippen MR) is 91.9 cm³/mol. The highest BCUT2D eigenvalue weighted by molar-refractivity contribution is 7.88. The average molecular weight is 370 g/mol. The first kappa shape index (κ1) is 17.4. The van der Waals surface area contributed by atoms with Gasteiger partial charge in [-0.15, -0.1) is 0 Å². The lowest BCUT2D eigenvalue weighted by atomic mass is 9.76. The number of aliphatic hydroxyl groups is 1. The summed E-state index contributed by atoms with van der Waals surface area (Å²) in [6, 6.07) is 6.38. The third-order valence-electron chi connectivity index (χ3n) is 4.28. The molecule has 0 spiro atoms. The van der Waals surface area contributed by atoms with E-state index in [-0.39, 0.29) is 23.8 Å². The molecule has 1 aliphatic carbocycles. The van der Waals surface area contributed by atoms with Crippen LogP contribution in [0.3, 0.4) is 0 Å². The van der Waals surface area contributed by atoms with Crippen molar-refractivity contribution in [3.8, 4) is 0 Å². The van der Waals surface area contributed by atoms with E-state index in [0.717, 1.165) is 5.56 Å². The second-order valence-corrected chi connectivity index (χ2v) is 8.50. The van der Waals surface area contributed by atoms with Crippen LogP contribution < -0.4 is 4.72 Å². The molecule has 0 bridgehead atoms. The first-order chi connectivity index (χ1) is 11.3. The fourth-order valence-corrected chi connectivity index (χ4v) is 4.53. The molecule has 3 rings (SSSR count). The van der Waals surface area contributed by atoms with Gasteiger partial charge in [-0.05, 0) is 36.5 Å². The number of sulfonamides is 1. The number of hydrogen-bond donors (Lipinski definition) is 2. The van der Waals surface area contributed by atoms with Crippen molar-refractivity contribution < 1.29 is 13.5 Å². The SMILES string of the molecule is Cn1cc(C(NS(=O)(=O)Cc2ccc(Cl)cc2)C2CC(O)C2)cn1. The van der Waals surface area contributed by atoms with Crippen molar-refractivity contribution >= 4 is 21.6 Å². The first-order valence-corrected chi connectivity index (χ1v) is 9.76. The van der Waals surface area contributed by atoms with Crippen LogP contribution in [0.15, 0.2) is 36.7 Å². The van der Waals surface area contributed by atoms with E-state index in [2.05, 4.69) is 9.82 Å². The second-order valence-electron chi connectivity index (χ2n) is 6.31. The molecule has 1 saturated carbocycles. The van der Waals surface area contributed by atoms with Crippen molar-refractivity contribution in [3.05, 3.63) is 52.8 Å². The van der Waals surface area contributed by atoms with E-state index < -0.39 is 10.0 Å². The Labute approximate surface area is 146 Å². The Morgan fingerprint density at radius 3 is 2.58 bits per heavy atom. The second kappa shape index (κ2) is 6.84. The predicted octanol–water partition coefficient (Wildman–Crippen LogP) is 2.01. The van der Waals surface area contributed by atoms with E-state index in [0.29, 0.717) is 23.4 Å². The van der Waals surface area contributed by atoms with E-state index in [1.165, 1.54) is 0 Å². The quantitative estimate of drug-likeness (QED) is 0.815. The molecular formula is C16H20ClN3O3S. The van der Waals surface area contributed by atoms with Crippen molar-refractivity contribution in [3.63, 3.8) is 0 Å². The number of hydrogen-bond acceptors (Lipinski definition) is 4. The molecule has 0 saturated heterocycles. The highest BCUT2D eigenvalue weighted by Crippen LogP contribution is 2.38. The fourth-order valence-electron chi connectivity index (χ4n) is 2.97. The number of aryl methyl sites for hydroxylation is 1. The molecule has 1 aliphatic rings. The Morgan fingerprint density at radius 1 is 1.38 bits per heavy atom. The maximum atomic E-state index is 12.6.